The largest absolute Gasteiger partial charge is 0.313 e. The molecular weight excluding hydrogens is 196 g/mol. The first kappa shape index (κ1) is 13.2. The van der Waals surface area contributed by atoms with Crippen molar-refractivity contribution in [2.75, 3.05) is 7.05 Å². The lowest BCUT2D eigenvalue weighted by Crippen LogP contribution is -2.19. The standard InChI is InChI=1S/C14H24N2/c1-5-6-11(2)8-14(15-4)13-7-12(3)9-16-10-13/h7,9-11,14-15H,5-6,8H2,1-4H3. The Bertz CT molecular complexity index is 309. The van der Waals surface area contributed by atoms with Crippen LogP contribution in [0.3, 0.4) is 0 Å². The summed E-state index contributed by atoms with van der Waals surface area (Å²) in [6, 6.07) is 2.67. The van der Waals surface area contributed by atoms with Crippen molar-refractivity contribution in [3.05, 3.63) is 29.6 Å². The molecule has 0 saturated heterocycles. The van der Waals surface area contributed by atoms with Crippen LogP contribution < -0.4 is 5.32 Å². The monoisotopic (exact) mass is 220 g/mol. The molecule has 1 aromatic heterocycles. The summed E-state index contributed by atoms with van der Waals surface area (Å²) in [5, 5.41) is 3.39. The van der Waals surface area contributed by atoms with E-state index in [1.54, 1.807) is 0 Å². The van der Waals surface area contributed by atoms with Crippen molar-refractivity contribution < 1.29 is 0 Å². The van der Waals surface area contributed by atoms with Crippen LogP contribution in [0.1, 0.15) is 50.3 Å². The summed E-state index contributed by atoms with van der Waals surface area (Å²) in [5.74, 6) is 0.767. The maximum Gasteiger partial charge on any atom is 0.0335 e. The molecule has 2 unspecified atom stereocenters. The highest BCUT2D eigenvalue weighted by Gasteiger charge is 2.13. The predicted molar refractivity (Wildman–Crippen MR) is 69.5 cm³/mol. The van der Waals surface area contributed by atoms with Gasteiger partial charge in [-0.3, -0.25) is 4.98 Å². The molecule has 2 heteroatoms. The highest BCUT2D eigenvalue weighted by atomic mass is 14.9. The normalized spacial score (nSPS) is 14.8. The van der Waals surface area contributed by atoms with Crippen LogP contribution in [0.25, 0.3) is 0 Å². The van der Waals surface area contributed by atoms with E-state index in [0.29, 0.717) is 6.04 Å². The number of pyridine rings is 1. The summed E-state index contributed by atoms with van der Waals surface area (Å²) in [7, 11) is 2.03. The Morgan fingerprint density at radius 1 is 1.38 bits per heavy atom. The molecular formula is C14H24N2. The molecule has 2 nitrogen and oxygen atoms in total. The van der Waals surface area contributed by atoms with E-state index in [1.807, 2.05) is 19.4 Å². The fourth-order valence-electron chi connectivity index (χ4n) is 2.20. The topological polar surface area (TPSA) is 24.9 Å². The van der Waals surface area contributed by atoms with Gasteiger partial charge in [-0.1, -0.05) is 32.8 Å². The fourth-order valence-corrected chi connectivity index (χ4v) is 2.20. The first-order valence-electron chi connectivity index (χ1n) is 6.26. The number of hydrogen-bond donors (Lipinski definition) is 1. The summed E-state index contributed by atoms with van der Waals surface area (Å²) in [5.41, 5.74) is 2.55. The maximum atomic E-state index is 4.27. The molecule has 0 spiro atoms. The van der Waals surface area contributed by atoms with Crippen molar-refractivity contribution in [3.8, 4) is 0 Å². The number of nitrogens with zero attached hydrogens (tertiary/aromatic N) is 1. The Hall–Kier alpha value is -0.890. The lowest BCUT2D eigenvalue weighted by molar-refractivity contribution is 0.406. The molecule has 16 heavy (non-hydrogen) atoms. The second-order valence-electron chi connectivity index (χ2n) is 4.77. The molecule has 90 valence electrons. The summed E-state index contributed by atoms with van der Waals surface area (Å²) in [4.78, 5) is 4.27. The second kappa shape index (κ2) is 6.64. The molecule has 2 atom stereocenters. The molecule has 1 heterocycles. The SMILES string of the molecule is CCCC(C)CC(NC)c1cncc(C)c1. The number of rotatable bonds is 6. The van der Waals surface area contributed by atoms with Crippen LogP contribution in [0.15, 0.2) is 18.5 Å². The van der Waals surface area contributed by atoms with Crippen molar-refractivity contribution in [1.29, 1.82) is 0 Å². The molecule has 0 radical (unpaired) electrons. The molecule has 0 aliphatic heterocycles. The molecule has 0 aliphatic rings. The predicted octanol–water partition coefficient (Wildman–Crippen LogP) is 3.48. The Kier molecular flexibility index (Phi) is 5.47. The van der Waals surface area contributed by atoms with Crippen molar-refractivity contribution in [2.24, 2.45) is 5.92 Å². The number of hydrogen-bond acceptors (Lipinski definition) is 2. The van der Waals surface area contributed by atoms with Crippen LogP contribution in [0.2, 0.25) is 0 Å². The average Bonchev–Trinajstić information content (AvgIpc) is 2.26. The van der Waals surface area contributed by atoms with E-state index in [1.165, 1.54) is 30.4 Å². The molecule has 0 saturated carbocycles. The number of aromatic nitrogens is 1. The fraction of sp³-hybridized carbons (Fsp3) is 0.643. The van der Waals surface area contributed by atoms with Gasteiger partial charge in [-0.2, -0.15) is 0 Å². The minimum Gasteiger partial charge on any atom is -0.313 e. The van der Waals surface area contributed by atoms with Gasteiger partial charge in [-0.25, -0.2) is 0 Å². The zero-order chi connectivity index (χ0) is 12.0. The van der Waals surface area contributed by atoms with Gasteiger partial charge in [-0.05, 0) is 37.4 Å². The summed E-state index contributed by atoms with van der Waals surface area (Å²) in [6.45, 7) is 6.68. The molecule has 0 aliphatic carbocycles. The van der Waals surface area contributed by atoms with E-state index in [-0.39, 0.29) is 0 Å². The van der Waals surface area contributed by atoms with E-state index in [0.717, 1.165) is 5.92 Å². The Morgan fingerprint density at radius 2 is 2.12 bits per heavy atom. The zero-order valence-electron chi connectivity index (χ0n) is 11.0. The number of nitrogens with one attached hydrogen (secondary N) is 1. The molecule has 0 bridgehead atoms. The highest BCUT2D eigenvalue weighted by molar-refractivity contribution is 5.20. The van der Waals surface area contributed by atoms with Gasteiger partial charge < -0.3 is 5.32 Å². The number of aryl methyl sites for hydroxylation is 1. The van der Waals surface area contributed by atoms with E-state index in [2.05, 4.69) is 37.1 Å². The lowest BCUT2D eigenvalue weighted by atomic mass is 9.93. The third-order valence-corrected chi connectivity index (χ3v) is 3.07. The first-order valence-corrected chi connectivity index (χ1v) is 6.26. The third-order valence-electron chi connectivity index (χ3n) is 3.07. The average molecular weight is 220 g/mol. The van der Waals surface area contributed by atoms with Crippen LogP contribution in [-0.2, 0) is 0 Å². The molecule has 0 amide bonds. The third kappa shape index (κ3) is 3.93. The Labute approximate surface area is 99.5 Å². The smallest absolute Gasteiger partial charge is 0.0335 e. The van der Waals surface area contributed by atoms with Crippen molar-refractivity contribution in [1.82, 2.24) is 10.3 Å². The zero-order valence-corrected chi connectivity index (χ0v) is 11.0. The van der Waals surface area contributed by atoms with Crippen LogP contribution in [0.4, 0.5) is 0 Å². The molecule has 0 aromatic carbocycles. The molecule has 1 aromatic rings. The van der Waals surface area contributed by atoms with Crippen LogP contribution in [0, 0.1) is 12.8 Å². The van der Waals surface area contributed by atoms with Gasteiger partial charge >= 0.3 is 0 Å². The van der Waals surface area contributed by atoms with Crippen molar-refractivity contribution in [3.63, 3.8) is 0 Å². The lowest BCUT2D eigenvalue weighted by Gasteiger charge is -2.20. The van der Waals surface area contributed by atoms with Gasteiger partial charge in [0.05, 0.1) is 0 Å². The summed E-state index contributed by atoms with van der Waals surface area (Å²) >= 11 is 0. The van der Waals surface area contributed by atoms with E-state index >= 15 is 0 Å². The van der Waals surface area contributed by atoms with Crippen LogP contribution in [0.5, 0.6) is 0 Å². The van der Waals surface area contributed by atoms with Crippen LogP contribution >= 0.6 is 0 Å². The van der Waals surface area contributed by atoms with E-state index in [9.17, 15) is 0 Å². The van der Waals surface area contributed by atoms with E-state index < -0.39 is 0 Å². The second-order valence-corrected chi connectivity index (χ2v) is 4.77. The van der Waals surface area contributed by atoms with Gasteiger partial charge in [0.1, 0.15) is 0 Å². The minimum atomic E-state index is 0.439. The van der Waals surface area contributed by atoms with Gasteiger partial charge in [0.25, 0.3) is 0 Å². The quantitative estimate of drug-likeness (QED) is 0.794. The van der Waals surface area contributed by atoms with Crippen LogP contribution in [-0.4, -0.2) is 12.0 Å². The van der Waals surface area contributed by atoms with Gasteiger partial charge in [0.2, 0.25) is 0 Å². The Morgan fingerprint density at radius 3 is 2.69 bits per heavy atom. The summed E-state index contributed by atoms with van der Waals surface area (Å²) in [6.07, 6.45) is 7.65. The van der Waals surface area contributed by atoms with Gasteiger partial charge in [0, 0.05) is 18.4 Å². The van der Waals surface area contributed by atoms with Gasteiger partial charge in [-0.15, -0.1) is 0 Å². The molecule has 1 rings (SSSR count). The highest BCUT2D eigenvalue weighted by Crippen LogP contribution is 2.23. The van der Waals surface area contributed by atoms with E-state index in [4.69, 9.17) is 0 Å². The van der Waals surface area contributed by atoms with Crippen molar-refractivity contribution in [2.45, 2.75) is 46.1 Å². The minimum absolute atomic E-state index is 0.439. The molecule has 1 N–H and O–H groups in total. The summed E-state index contributed by atoms with van der Waals surface area (Å²) < 4.78 is 0. The van der Waals surface area contributed by atoms with Gasteiger partial charge in [0.15, 0.2) is 0 Å². The molecule has 0 fully saturated rings. The Balaban J connectivity index is 2.67. The maximum absolute atomic E-state index is 4.27. The first-order chi connectivity index (χ1) is 7.67. The van der Waals surface area contributed by atoms with Crippen molar-refractivity contribution >= 4 is 0 Å².